The van der Waals surface area contributed by atoms with Crippen LogP contribution >= 0.6 is 0 Å². The molecule has 4 nitrogen and oxygen atoms in total. The number of rotatable bonds is 4. The first-order valence-corrected chi connectivity index (χ1v) is 9.31. The highest BCUT2D eigenvalue weighted by Gasteiger charge is 2.24. The summed E-state index contributed by atoms with van der Waals surface area (Å²) in [6, 6.07) is 8.05. The van der Waals surface area contributed by atoms with E-state index in [-0.39, 0.29) is 5.75 Å². The van der Waals surface area contributed by atoms with Crippen molar-refractivity contribution in [3.8, 4) is 0 Å². The predicted molar refractivity (Wildman–Crippen MR) is 87.5 cm³/mol. The van der Waals surface area contributed by atoms with Gasteiger partial charge in [0, 0.05) is 11.7 Å². The summed E-state index contributed by atoms with van der Waals surface area (Å²) in [5, 5.41) is 8.62. The van der Waals surface area contributed by atoms with E-state index in [1.54, 1.807) is 0 Å². The first-order chi connectivity index (χ1) is 9.73. The predicted octanol–water partition coefficient (Wildman–Crippen LogP) is 3.25. The molecule has 1 aromatic rings. The molecule has 3 N–H and O–H groups in total. The minimum atomic E-state index is -3.46. The van der Waals surface area contributed by atoms with E-state index in [9.17, 15) is 8.42 Å². The van der Waals surface area contributed by atoms with Crippen LogP contribution in [0.2, 0.25) is 0 Å². The van der Waals surface area contributed by atoms with Crippen molar-refractivity contribution in [2.45, 2.75) is 57.7 Å². The Morgan fingerprint density at radius 1 is 1.19 bits per heavy atom. The largest absolute Gasteiger partial charge is 0.382 e. The second-order valence-electron chi connectivity index (χ2n) is 6.94. The fourth-order valence-corrected chi connectivity index (χ4v) is 3.63. The third kappa shape index (κ3) is 5.67. The third-order valence-electron chi connectivity index (χ3n) is 4.27. The van der Waals surface area contributed by atoms with Crippen LogP contribution in [0.3, 0.4) is 0 Å². The summed E-state index contributed by atoms with van der Waals surface area (Å²) in [4.78, 5) is 0. The van der Waals surface area contributed by atoms with Crippen molar-refractivity contribution in [2.75, 3.05) is 5.32 Å². The number of primary sulfonamides is 1. The van der Waals surface area contributed by atoms with Crippen LogP contribution in [0.5, 0.6) is 0 Å². The Kier molecular flexibility index (Phi) is 4.94. The third-order valence-corrected chi connectivity index (χ3v) is 5.00. The highest BCUT2D eigenvalue weighted by Crippen LogP contribution is 2.34. The van der Waals surface area contributed by atoms with Crippen molar-refractivity contribution < 1.29 is 8.42 Å². The van der Waals surface area contributed by atoms with E-state index < -0.39 is 10.0 Å². The molecule has 118 valence electrons. The summed E-state index contributed by atoms with van der Waals surface area (Å²) >= 11 is 0. The molecule has 1 unspecified atom stereocenters. The Balaban J connectivity index is 1.94. The van der Waals surface area contributed by atoms with Crippen LogP contribution in [0.4, 0.5) is 5.69 Å². The summed E-state index contributed by atoms with van der Waals surface area (Å²) in [5.74, 6) is -0.106. The van der Waals surface area contributed by atoms with Crippen molar-refractivity contribution in [2.24, 2.45) is 10.6 Å². The van der Waals surface area contributed by atoms with Crippen molar-refractivity contribution in [3.63, 3.8) is 0 Å². The zero-order chi connectivity index (χ0) is 15.5. The van der Waals surface area contributed by atoms with Gasteiger partial charge in [-0.05, 0) is 48.8 Å². The maximum Gasteiger partial charge on any atom is 0.213 e. The Morgan fingerprint density at radius 3 is 2.48 bits per heavy atom. The summed E-state index contributed by atoms with van der Waals surface area (Å²) in [6.07, 6.45) is 6.18. The lowest BCUT2D eigenvalue weighted by molar-refractivity contribution is 0.313. The van der Waals surface area contributed by atoms with Crippen molar-refractivity contribution in [1.29, 1.82) is 0 Å². The normalized spacial score (nSPS) is 22.5. The van der Waals surface area contributed by atoms with E-state index >= 15 is 0 Å². The van der Waals surface area contributed by atoms with Gasteiger partial charge in [-0.15, -0.1) is 0 Å². The second kappa shape index (κ2) is 6.36. The van der Waals surface area contributed by atoms with E-state index in [2.05, 4.69) is 19.2 Å². The first kappa shape index (κ1) is 16.3. The molecular weight excluding hydrogens is 284 g/mol. The van der Waals surface area contributed by atoms with Gasteiger partial charge >= 0.3 is 0 Å². The number of nitrogens with one attached hydrogen (secondary N) is 1. The summed E-state index contributed by atoms with van der Waals surface area (Å²) < 4.78 is 22.1. The molecule has 2 rings (SSSR count). The van der Waals surface area contributed by atoms with Crippen LogP contribution < -0.4 is 10.5 Å². The lowest BCUT2D eigenvalue weighted by Crippen LogP contribution is -2.19. The number of anilines is 1. The smallest absolute Gasteiger partial charge is 0.213 e. The maximum absolute atomic E-state index is 11.1. The highest BCUT2D eigenvalue weighted by molar-refractivity contribution is 7.88. The summed E-state index contributed by atoms with van der Waals surface area (Å²) in [7, 11) is -3.46. The number of hydrogen-bond acceptors (Lipinski definition) is 3. The van der Waals surface area contributed by atoms with Gasteiger partial charge in [-0.2, -0.15) is 0 Å². The molecule has 1 aliphatic carbocycles. The van der Waals surface area contributed by atoms with Crippen LogP contribution in [0.15, 0.2) is 24.3 Å². The Labute approximate surface area is 128 Å². The van der Waals surface area contributed by atoms with E-state index in [4.69, 9.17) is 5.14 Å². The first-order valence-electron chi connectivity index (χ1n) is 7.59. The lowest BCUT2D eigenvalue weighted by atomic mass is 9.85. The van der Waals surface area contributed by atoms with E-state index in [0.717, 1.165) is 11.3 Å². The van der Waals surface area contributed by atoms with Gasteiger partial charge in [0.15, 0.2) is 0 Å². The summed E-state index contributed by atoms with van der Waals surface area (Å²) in [6.45, 7) is 4.69. The fraction of sp³-hybridized carbons (Fsp3) is 0.625. The SMILES string of the molecule is CC1(C)CCCC(Nc2ccc(CS(N)(=O)=O)cc2)CC1. The molecule has 1 atom stereocenters. The van der Waals surface area contributed by atoms with Gasteiger partial charge in [-0.1, -0.05) is 32.4 Å². The molecule has 0 aromatic heterocycles. The molecule has 1 fully saturated rings. The van der Waals surface area contributed by atoms with Gasteiger partial charge < -0.3 is 5.32 Å². The van der Waals surface area contributed by atoms with Gasteiger partial charge in [0.05, 0.1) is 5.75 Å². The number of nitrogens with two attached hydrogens (primary N) is 1. The molecular formula is C16H26N2O2S. The van der Waals surface area contributed by atoms with E-state index in [1.807, 2.05) is 24.3 Å². The van der Waals surface area contributed by atoms with Crippen LogP contribution in [0.1, 0.15) is 51.5 Å². The molecule has 5 heteroatoms. The molecule has 0 bridgehead atoms. The van der Waals surface area contributed by atoms with Crippen molar-refractivity contribution in [3.05, 3.63) is 29.8 Å². The average Bonchev–Trinajstić information content (AvgIpc) is 2.52. The number of sulfonamides is 1. The lowest BCUT2D eigenvalue weighted by Gasteiger charge is -2.22. The molecule has 0 radical (unpaired) electrons. The Bertz CT molecular complexity index is 564. The Hall–Kier alpha value is -1.07. The fourth-order valence-electron chi connectivity index (χ4n) is 2.97. The Morgan fingerprint density at radius 2 is 1.86 bits per heavy atom. The second-order valence-corrected chi connectivity index (χ2v) is 8.55. The topological polar surface area (TPSA) is 72.2 Å². The zero-order valence-corrected chi connectivity index (χ0v) is 13.7. The van der Waals surface area contributed by atoms with Crippen LogP contribution in [0, 0.1) is 5.41 Å². The molecule has 1 aromatic carbocycles. The molecule has 0 aliphatic heterocycles. The molecule has 0 amide bonds. The van der Waals surface area contributed by atoms with Crippen LogP contribution in [-0.4, -0.2) is 14.5 Å². The highest BCUT2D eigenvalue weighted by atomic mass is 32.2. The molecule has 1 aliphatic rings. The molecule has 0 spiro atoms. The monoisotopic (exact) mass is 310 g/mol. The standard InChI is InChI=1S/C16H26N2O2S/c1-16(2)10-3-4-14(9-11-16)18-15-7-5-13(6-8-15)12-21(17,19)20/h5-8,14,18H,3-4,9-12H2,1-2H3,(H2,17,19,20). The minimum absolute atomic E-state index is 0.106. The van der Waals surface area contributed by atoms with Gasteiger partial charge in [0.2, 0.25) is 10.0 Å². The summed E-state index contributed by atoms with van der Waals surface area (Å²) in [5.41, 5.74) is 2.23. The van der Waals surface area contributed by atoms with Gasteiger partial charge in [-0.3, -0.25) is 0 Å². The number of hydrogen-bond donors (Lipinski definition) is 2. The van der Waals surface area contributed by atoms with Crippen LogP contribution in [-0.2, 0) is 15.8 Å². The minimum Gasteiger partial charge on any atom is -0.382 e. The average molecular weight is 310 g/mol. The van der Waals surface area contributed by atoms with Gasteiger partial charge in [-0.25, -0.2) is 13.6 Å². The molecule has 21 heavy (non-hydrogen) atoms. The quantitative estimate of drug-likeness (QED) is 0.839. The van der Waals surface area contributed by atoms with Crippen molar-refractivity contribution in [1.82, 2.24) is 0 Å². The zero-order valence-electron chi connectivity index (χ0n) is 12.9. The molecule has 0 heterocycles. The van der Waals surface area contributed by atoms with Gasteiger partial charge in [0.1, 0.15) is 0 Å². The number of benzene rings is 1. The molecule has 0 saturated heterocycles. The van der Waals surface area contributed by atoms with E-state index in [1.165, 1.54) is 32.1 Å². The van der Waals surface area contributed by atoms with Gasteiger partial charge in [0.25, 0.3) is 0 Å². The maximum atomic E-state index is 11.1. The van der Waals surface area contributed by atoms with Crippen LogP contribution in [0.25, 0.3) is 0 Å². The van der Waals surface area contributed by atoms with Crippen molar-refractivity contribution >= 4 is 15.7 Å². The molecule has 1 saturated carbocycles. The van der Waals surface area contributed by atoms with E-state index in [0.29, 0.717) is 11.5 Å².